The van der Waals surface area contributed by atoms with Gasteiger partial charge >= 0.3 is 103 Å². The SMILES string of the molecule is O=C(O)c1cc(O)ccn1.O=C(O)c1cc(O)ccn1.O=C(O)c1cc(O)ccn1.O=C(O)c1cc(O)ccn1.O=C(O)c1cc(O)ccn1.O=C(O)c1cc(O)ccn1.O=C(O)c1cc(O)ccn1.O=C(O)c1cc(O)ccn1.O=C(O)c1cc(O)ccn1.O=C([O-])c1ccccn1.O=C([O-])c1ccccn1.O=C([O-])c1ccccn1.[Eu+3]. The summed E-state index contributed by atoms with van der Waals surface area (Å²) in [6.45, 7) is 0. The number of hydrogen-bond acceptors (Lipinski definition) is 36. The van der Waals surface area contributed by atoms with Crippen LogP contribution >= 0.6 is 0 Å². The van der Waals surface area contributed by atoms with Crippen molar-refractivity contribution in [2.45, 2.75) is 0 Å². The van der Waals surface area contributed by atoms with Crippen molar-refractivity contribution in [3.8, 4) is 51.7 Å². The van der Waals surface area contributed by atoms with Crippen LogP contribution in [0.3, 0.4) is 0 Å². The van der Waals surface area contributed by atoms with Crippen LogP contribution in [0, 0.1) is 49.4 Å². The van der Waals surface area contributed by atoms with Gasteiger partial charge in [-0.05, 0) is 91.0 Å². The summed E-state index contributed by atoms with van der Waals surface area (Å²) in [4.78, 5) is 164. The Morgan fingerprint density at radius 1 is 0.178 bits per heavy atom. The van der Waals surface area contributed by atoms with Gasteiger partial charge in [0.05, 0.1) is 35.0 Å². The summed E-state index contributed by atoms with van der Waals surface area (Å²) >= 11 is 0. The Kier molecular flexibility index (Phi) is 47.7. The molecule has 0 atom stereocenters. The van der Waals surface area contributed by atoms with Crippen LogP contribution in [-0.2, 0) is 0 Å². The van der Waals surface area contributed by atoms with Crippen LogP contribution in [0.4, 0.5) is 0 Å². The van der Waals surface area contributed by atoms with Crippen molar-refractivity contribution in [1.82, 2.24) is 59.8 Å². The molecule has 610 valence electrons. The predicted molar refractivity (Wildman–Crippen MR) is 381 cm³/mol. The summed E-state index contributed by atoms with van der Waals surface area (Å²) in [5, 5.41) is 184. The third kappa shape index (κ3) is 45.4. The summed E-state index contributed by atoms with van der Waals surface area (Å²) in [6.07, 6.45) is 15.3. The maximum atomic E-state index is 10.2. The van der Waals surface area contributed by atoms with Crippen molar-refractivity contribution < 1.29 is 214 Å². The molecule has 0 aliphatic carbocycles. The smallest absolute Gasteiger partial charge is 0.543 e. The quantitative estimate of drug-likeness (QED) is 0.0836. The normalized spacial score (nSPS) is 9.05. The molecule has 12 rings (SSSR count). The van der Waals surface area contributed by atoms with Crippen molar-refractivity contribution in [2.24, 2.45) is 0 Å². The number of carboxylic acids is 12. The molecule has 0 unspecified atom stereocenters. The molecule has 0 aliphatic heterocycles. The fourth-order valence-corrected chi connectivity index (χ4v) is 6.28. The van der Waals surface area contributed by atoms with Gasteiger partial charge in [0.15, 0.2) is 51.2 Å². The number of rotatable bonds is 12. The zero-order valence-corrected chi connectivity index (χ0v) is 61.4. The maximum Gasteiger partial charge on any atom is 3.00 e. The van der Waals surface area contributed by atoms with Gasteiger partial charge in [-0.25, -0.2) is 88.0 Å². The summed E-state index contributed by atoms with van der Waals surface area (Å²) < 4.78 is 0. The first-order chi connectivity index (χ1) is 55.2. The Labute approximate surface area is 699 Å². The predicted octanol–water partition coefficient (Wildman–Crippen LogP) is 2.70. The molecule has 0 fully saturated rings. The number of hydrogen-bond donors (Lipinski definition) is 18. The summed E-state index contributed by atoms with van der Waals surface area (Å²) in [5.74, 6) is -14.8. The van der Waals surface area contributed by atoms with Gasteiger partial charge in [-0.3, -0.25) is 15.0 Å². The van der Waals surface area contributed by atoms with Crippen molar-refractivity contribution in [3.63, 3.8) is 0 Å². The first-order valence-corrected chi connectivity index (χ1v) is 30.5. The molecule has 0 bridgehead atoms. The van der Waals surface area contributed by atoms with E-state index >= 15 is 0 Å². The maximum absolute atomic E-state index is 10.2. The van der Waals surface area contributed by atoms with E-state index in [4.69, 9.17) is 91.9 Å². The summed E-state index contributed by atoms with van der Waals surface area (Å²) in [7, 11) is 0. The molecule has 12 aromatic rings. The Morgan fingerprint density at radius 2 is 0.288 bits per heavy atom. The molecular formula is C72H57EuN12O33. The van der Waals surface area contributed by atoms with Crippen LogP contribution in [0.15, 0.2) is 238 Å². The molecule has 45 nitrogen and oxygen atoms in total. The van der Waals surface area contributed by atoms with Crippen LogP contribution in [0.2, 0.25) is 0 Å². The third-order valence-electron chi connectivity index (χ3n) is 11.3. The molecule has 0 saturated heterocycles. The van der Waals surface area contributed by atoms with Crippen LogP contribution in [0.25, 0.3) is 0 Å². The van der Waals surface area contributed by atoms with E-state index < -0.39 is 71.6 Å². The molecule has 12 heterocycles. The Hall–Kier alpha value is -16.8. The largest absolute Gasteiger partial charge is 3.00 e. The molecule has 0 aliphatic rings. The van der Waals surface area contributed by atoms with Gasteiger partial charge in [0.2, 0.25) is 0 Å². The first-order valence-electron chi connectivity index (χ1n) is 30.5. The second-order valence-electron chi connectivity index (χ2n) is 19.8. The number of aromatic nitrogens is 12. The fourth-order valence-electron chi connectivity index (χ4n) is 6.28. The first kappa shape index (κ1) is 101. The molecular weight excluding hydrogens is 1710 g/mol. The van der Waals surface area contributed by atoms with E-state index in [1.807, 2.05) is 0 Å². The van der Waals surface area contributed by atoms with Crippen molar-refractivity contribution in [1.29, 1.82) is 0 Å². The number of pyridine rings is 12. The zero-order valence-electron chi connectivity index (χ0n) is 58.9. The molecule has 0 radical (unpaired) electrons. The van der Waals surface area contributed by atoms with Crippen LogP contribution in [0.5, 0.6) is 51.7 Å². The van der Waals surface area contributed by atoms with Crippen molar-refractivity contribution >= 4 is 71.6 Å². The van der Waals surface area contributed by atoms with E-state index in [2.05, 4.69) is 59.8 Å². The summed E-state index contributed by atoms with van der Waals surface area (Å²) in [6, 6.07) is 35.5. The molecule has 46 heteroatoms. The topological polar surface area (TPSA) is 793 Å². The van der Waals surface area contributed by atoms with Gasteiger partial charge in [0.1, 0.15) is 51.7 Å². The van der Waals surface area contributed by atoms with Gasteiger partial charge in [-0.15, -0.1) is 0 Å². The second kappa shape index (κ2) is 55.6. The monoisotopic (exact) mass is 1770 g/mol. The number of aromatic carboxylic acids is 12. The number of carbonyl (C=O) groups excluding carboxylic acids is 3. The minimum absolute atomic E-state index is 0. The van der Waals surface area contributed by atoms with E-state index in [0.29, 0.717) is 0 Å². The van der Waals surface area contributed by atoms with E-state index in [1.54, 1.807) is 36.4 Å². The average molecular weight is 1770 g/mol. The number of nitrogens with zero attached hydrogens (tertiary/aromatic N) is 12. The van der Waals surface area contributed by atoms with Crippen molar-refractivity contribution in [3.05, 3.63) is 306 Å². The van der Waals surface area contributed by atoms with Crippen LogP contribution in [-0.4, -0.2) is 223 Å². The fraction of sp³-hybridized carbons (Fsp3) is 0. The molecule has 0 amide bonds. The van der Waals surface area contributed by atoms with Crippen molar-refractivity contribution in [2.75, 3.05) is 0 Å². The molecule has 18 N–H and O–H groups in total. The minimum atomic E-state index is -1.24. The number of carboxylic acid groups (broad SMARTS) is 12. The van der Waals surface area contributed by atoms with Gasteiger partial charge in [-0.2, -0.15) is 0 Å². The zero-order chi connectivity index (χ0) is 88.1. The Bertz CT molecular complexity index is 4370. The molecule has 0 saturated carbocycles. The minimum Gasteiger partial charge on any atom is -0.543 e. The van der Waals surface area contributed by atoms with Gasteiger partial charge in [0, 0.05) is 129 Å². The average Bonchev–Trinajstić information content (AvgIpc) is 0.945. The molecule has 0 spiro atoms. The molecule has 12 aromatic heterocycles. The standard InChI is InChI=1S/9C6H5NO3.3C6H5NO2.Eu/c9*8-4-1-2-7-5(3-4)6(9)10;3*8-6(9)5-3-1-2-4-7-5;/h9*1-3H,(H,7,8)(H,9,10);3*1-4H,(H,8,9);/q;;;;;;;;;;;;+3/p-3. The molecule has 118 heavy (non-hydrogen) atoms. The van der Waals surface area contributed by atoms with E-state index in [-0.39, 0.29) is 169 Å². The second-order valence-corrected chi connectivity index (χ2v) is 19.8. The number of aromatic hydroxyl groups is 9. The molecule has 0 aromatic carbocycles. The summed E-state index contributed by atoms with van der Waals surface area (Å²) in [5.41, 5.74) is -1.47. The Balaban J connectivity index is 0.00000126. The van der Waals surface area contributed by atoms with Gasteiger partial charge < -0.3 is 122 Å². The number of carbonyl (C=O) groups is 12. The van der Waals surface area contributed by atoms with Crippen LogP contribution in [0.1, 0.15) is 126 Å². The van der Waals surface area contributed by atoms with Gasteiger partial charge in [-0.1, -0.05) is 18.2 Å². The Morgan fingerprint density at radius 3 is 0.347 bits per heavy atom. The van der Waals surface area contributed by atoms with Gasteiger partial charge in [0.25, 0.3) is 0 Å². The van der Waals surface area contributed by atoms with Crippen LogP contribution < -0.4 is 15.3 Å². The van der Waals surface area contributed by atoms with E-state index in [9.17, 15) is 72.9 Å². The third-order valence-corrected chi connectivity index (χ3v) is 11.3. The van der Waals surface area contributed by atoms with E-state index in [1.165, 1.54) is 147 Å². The van der Waals surface area contributed by atoms with E-state index in [0.717, 1.165) is 54.6 Å².